The number of carbonyl (C=O) groups is 1. The van der Waals surface area contributed by atoms with Crippen molar-refractivity contribution < 1.29 is 4.79 Å². The first-order valence-electron chi connectivity index (χ1n) is 6.55. The highest BCUT2D eigenvalue weighted by Crippen LogP contribution is 2.32. The Morgan fingerprint density at radius 1 is 1.32 bits per heavy atom. The highest BCUT2D eigenvalue weighted by atomic mass is 32.2. The van der Waals surface area contributed by atoms with Crippen molar-refractivity contribution in [3.8, 4) is 0 Å². The average Bonchev–Trinajstić information content (AvgIpc) is 2.95. The highest BCUT2D eigenvalue weighted by Gasteiger charge is 2.31. The van der Waals surface area contributed by atoms with Gasteiger partial charge in [0.15, 0.2) is 0 Å². The summed E-state index contributed by atoms with van der Waals surface area (Å²) in [5.41, 5.74) is 1.01. The molecule has 1 aromatic carbocycles. The van der Waals surface area contributed by atoms with Gasteiger partial charge in [-0.25, -0.2) is 0 Å². The second kappa shape index (κ2) is 6.01. The number of aliphatic imine (C=N–C) groups is 1. The van der Waals surface area contributed by atoms with Gasteiger partial charge in [-0.3, -0.25) is 9.79 Å². The van der Waals surface area contributed by atoms with Gasteiger partial charge in [0.1, 0.15) is 4.38 Å². The molecule has 1 saturated heterocycles. The molecule has 0 aliphatic carbocycles. The summed E-state index contributed by atoms with van der Waals surface area (Å²) in [5, 5.41) is 0.0401. The van der Waals surface area contributed by atoms with E-state index < -0.39 is 0 Å². The van der Waals surface area contributed by atoms with E-state index in [1.54, 1.807) is 23.5 Å². The molecule has 100 valence electrons. The molecule has 1 atom stereocenters. The van der Waals surface area contributed by atoms with Crippen LogP contribution < -0.4 is 4.90 Å². The molecule has 19 heavy (non-hydrogen) atoms. The van der Waals surface area contributed by atoms with E-state index in [9.17, 15) is 4.79 Å². The summed E-state index contributed by atoms with van der Waals surface area (Å²) in [6.45, 7) is 1.73. The Morgan fingerprint density at radius 2 is 2.16 bits per heavy atom. The van der Waals surface area contributed by atoms with Crippen LogP contribution in [0.5, 0.6) is 0 Å². The SMILES string of the molecule is O=C1C(SC2=NCCS2)CCCN1c1ccccc1. The van der Waals surface area contributed by atoms with Crippen LogP contribution >= 0.6 is 23.5 Å². The molecule has 2 heterocycles. The van der Waals surface area contributed by atoms with E-state index in [0.717, 1.165) is 41.7 Å². The van der Waals surface area contributed by atoms with Gasteiger partial charge >= 0.3 is 0 Å². The standard InChI is InChI=1S/C14H16N2OS2/c17-13-12(19-14-15-8-10-18-14)7-4-9-16(13)11-5-2-1-3-6-11/h1-3,5-6,12H,4,7-10H2. The second-order valence-corrected chi connectivity index (χ2v) is 7.10. The van der Waals surface area contributed by atoms with Gasteiger partial charge in [-0.15, -0.1) is 0 Å². The lowest BCUT2D eigenvalue weighted by molar-refractivity contribution is -0.119. The normalized spacial score (nSPS) is 23.6. The van der Waals surface area contributed by atoms with E-state index in [4.69, 9.17) is 0 Å². The van der Waals surface area contributed by atoms with Crippen LogP contribution in [0.25, 0.3) is 0 Å². The third kappa shape index (κ3) is 2.98. The minimum Gasteiger partial charge on any atom is -0.311 e. The fourth-order valence-electron chi connectivity index (χ4n) is 2.32. The summed E-state index contributed by atoms with van der Waals surface area (Å²) in [5.74, 6) is 1.30. The first-order valence-corrected chi connectivity index (χ1v) is 8.41. The summed E-state index contributed by atoms with van der Waals surface area (Å²) < 4.78 is 1.09. The number of para-hydroxylation sites is 1. The number of carbonyl (C=O) groups excluding carboxylic acids is 1. The van der Waals surface area contributed by atoms with Crippen LogP contribution in [0.3, 0.4) is 0 Å². The van der Waals surface area contributed by atoms with Crippen LogP contribution in [0, 0.1) is 0 Å². The molecule has 0 N–H and O–H groups in total. The van der Waals surface area contributed by atoms with Crippen LogP contribution in [0.15, 0.2) is 35.3 Å². The molecule has 3 nitrogen and oxygen atoms in total. The second-order valence-electron chi connectivity index (χ2n) is 4.57. The minimum absolute atomic E-state index is 0.0401. The van der Waals surface area contributed by atoms with Crippen LogP contribution in [0.2, 0.25) is 0 Å². The number of amides is 1. The molecule has 5 heteroatoms. The number of rotatable bonds is 2. The zero-order valence-corrected chi connectivity index (χ0v) is 12.3. The molecule has 3 rings (SSSR count). The lowest BCUT2D eigenvalue weighted by Gasteiger charge is -2.31. The first-order chi connectivity index (χ1) is 9.34. The number of hydrogen-bond acceptors (Lipinski definition) is 4. The minimum atomic E-state index is 0.0401. The topological polar surface area (TPSA) is 32.7 Å². The molecule has 1 amide bonds. The molecule has 0 saturated carbocycles. The fraction of sp³-hybridized carbons (Fsp3) is 0.429. The fourth-order valence-corrected chi connectivity index (χ4v) is 4.66. The third-order valence-corrected chi connectivity index (χ3v) is 5.72. The zero-order chi connectivity index (χ0) is 13.1. The van der Waals surface area contributed by atoms with Crippen molar-refractivity contribution in [3.05, 3.63) is 30.3 Å². The zero-order valence-electron chi connectivity index (χ0n) is 10.6. The smallest absolute Gasteiger partial charge is 0.240 e. The van der Waals surface area contributed by atoms with Crippen molar-refractivity contribution in [1.82, 2.24) is 0 Å². The lowest BCUT2D eigenvalue weighted by atomic mass is 10.1. The summed E-state index contributed by atoms with van der Waals surface area (Å²) in [7, 11) is 0. The van der Waals surface area contributed by atoms with Crippen molar-refractivity contribution in [1.29, 1.82) is 0 Å². The molecule has 0 radical (unpaired) electrons. The first kappa shape index (κ1) is 13.1. The molecule has 2 aliphatic rings. The van der Waals surface area contributed by atoms with Crippen LogP contribution in [0.4, 0.5) is 5.69 Å². The van der Waals surface area contributed by atoms with Crippen molar-refractivity contribution in [2.45, 2.75) is 18.1 Å². The van der Waals surface area contributed by atoms with E-state index in [1.807, 2.05) is 35.2 Å². The number of anilines is 1. The number of benzene rings is 1. The van der Waals surface area contributed by atoms with Gasteiger partial charge in [-0.2, -0.15) is 0 Å². The molecule has 1 fully saturated rings. The summed E-state index contributed by atoms with van der Waals surface area (Å²) in [6.07, 6.45) is 2.03. The van der Waals surface area contributed by atoms with Gasteiger partial charge in [0.2, 0.25) is 5.91 Å². The molecule has 0 aromatic heterocycles. The quantitative estimate of drug-likeness (QED) is 0.840. The number of hydrogen-bond donors (Lipinski definition) is 0. The number of nitrogens with zero attached hydrogens (tertiary/aromatic N) is 2. The Balaban J connectivity index is 1.72. The molecular weight excluding hydrogens is 276 g/mol. The van der Waals surface area contributed by atoms with Crippen LogP contribution in [0.1, 0.15) is 12.8 Å². The maximum Gasteiger partial charge on any atom is 0.240 e. The Labute approximate surface area is 121 Å². The Morgan fingerprint density at radius 3 is 2.89 bits per heavy atom. The predicted octanol–water partition coefficient (Wildman–Crippen LogP) is 3.02. The van der Waals surface area contributed by atoms with Gasteiger partial charge in [0, 0.05) is 18.0 Å². The van der Waals surface area contributed by atoms with Gasteiger partial charge in [-0.1, -0.05) is 41.7 Å². The summed E-state index contributed by atoms with van der Waals surface area (Å²) in [4.78, 5) is 18.9. The average molecular weight is 292 g/mol. The van der Waals surface area contributed by atoms with Gasteiger partial charge in [0.05, 0.1) is 11.8 Å². The number of thioether (sulfide) groups is 2. The number of piperidine rings is 1. The predicted molar refractivity (Wildman–Crippen MR) is 84.2 cm³/mol. The van der Waals surface area contributed by atoms with E-state index in [-0.39, 0.29) is 11.2 Å². The van der Waals surface area contributed by atoms with E-state index in [0.29, 0.717) is 0 Å². The molecule has 0 bridgehead atoms. The molecule has 1 aromatic rings. The molecule has 1 unspecified atom stereocenters. The molecule has 0 spiro atoms. The summed E-state index contributed by atoms with van der Waals surface area (Å²) >= 11 is 3.43. The van der Waals surface area contributed by atoms with Gasteiger partial charge in [-0.05, 0) is 25.0 Å². The monoisotopic (exact) mass is 292 g/mol. The lowest BCUT2D eigenvalue weighted by Crippen LogP contribution is -2.43. The van der Waals surface area contributed by atoms with E-state index in [1.165, 1.54) is 0 Å². The van der Waals surface area contributed by atoms with Gasteiger partial charge in [0.25, 0.3) is 0 Å². The Kier molecular flexibility index (Phi) is 4.13. The van der Waals surface area contributed by atoms with Crippen LogP contribution in [-0.4, -0.2) is 34.4 Å². The summed E-state index contributed by atoms with van der Waals surface area (Å²) in [6, 6.07) is 9.96. The van der Waals surface area contributed by atoms with Crippen molar-refractivity contribution >= 4 is 39.5 Å². The highest BCUT2D eigenvalue weighted by molar-refractivity contribution is 8.39. The Bertz CT molecular complexity index is 489. The third-order valence-electron chi connectivity index (χ3n) is 3.26. The van der Waals surface area contributed by atoms with Crippen molar-refractivity contribution in [3.63, 3.8) is 0 Å². The van der Waals surface area contributed by atoms with Crippen molar-refractivity contribution in [2.75, 3.05) is 23.7 Å². The van der Waals surface area contributed by atoms with E-state index >= 15 is 0 Å². The maximum atomic E-state index is 12.6. The van der Waals surface area contributed by atoms with Crippen molar-refractivity contribution in [2.24, 2.45) is 4.99 Å². The van der Waals surface area contributed by atoms with E-state index in [2.05, 4.69) is 4.99 Å². The Hall–Kier alpha value is -0.940. The van der Waals surface area contributed by atoms with Crippen LogP contribution in [-0.2, 0) is 4.79 Å². The molecular formula is C14H16N2OS2. The largest absolute Gasteiger partial charge is 0.311 e. The maximum absolute atomic E-state index is 12.6. The molecule has 2 aliphatic heterocycles. The van der Waals surface area contributed by atoms with Gasteiger partial charge < -0.3 is 4.90 Å².